The summed E-state index contributed by atoms with van der Waals surface area (Å²) in [6, 6.07) is 3.54. The van der Waals surface area contributed by atoms with E-state index in [4.69, 9.17) is 33.0 Å². The van der Waals surface area contributed by atoms with Crippen molar-refractivity contribution in [3.63, 3.8) is 0 Å². The van der Waals surface area contributed by atoms with Gasteiger partial charge in [-0.15, -0.1) is 24.8 Å². The van der Waals surface area contributed by atoms with Gasteiger partial charge in [0, 0.05) is 36.8 Å². The average molecular weight is 394 g/mol. The van der Waals surface area contributed by atoms with Gasteiger partial charge in [-0.05, 0) is 26.0 Å². The Balaban J connectivity index is 0. The van der Waals surface area contributed by atoms with Gasteiger partial charge in [0.2, 0.25) is 0 Å². The maximum absolute atomic E-state index is 9.11. The van der Waals surface area contributed by atoms with Crippen molar-refractivity contribution in [1.29, 1.82) is 0 Å². The number of halogens is 4. The molecule has 0 spiro atoms. The molecule has 0 saturated carbocycles. The van der Waals surface area contributed by atoms with Crippen LogP contribution in [0.25, 0.3) is 0 Å². The van der Waals surface area contributed by atoms with Gasteiger partial charge in [0.25, 0.3) is 0 Å². The molecule has 3 N–H and O–H groups in total. The highest BCUT2D eigenvalue weighted by atomic mass is 35.5. The lowest BCUT2D eigenvalue weighted by atomic mass is 10.2. The molecule has 8 heteroatoms. The van der Waals surface area contributed by atoms with E-state index in [1.54, 1.807) is 13.0 Å². The van der Waals surface area contributed by atoms with E-state index in [0.29, 0.717) is 35.5 Å². The molecule has 0 aliphatic rings. The number of benzene rings is 1. The largest absolute Gasteiger partial charge is 0.492 e. The predicted molar refractivity (Wildman–Crippen MR) is 98.4 cm³/mol. The molecule has 1 aromatic rings. The second kappa shape index (κ2) is 13.5. The quantitative estimate of drug-likeness (QED) is 0.563. The molecule has 0 heterocycles. The molecule has 0 saturated heterocycles. The van der Waals surface area contributed by atoms with Gasteiger partial charge in [-0.2, -0.15) is 0 Å². The highest BCUT2D eigenvalue weighted by Gasteiger charge is 2.10. The van der Waals surface area contributed by atoms with Crippen molar-refractivity contribution < 1.29 is 9.84 Å². The lowest BCUT2D eigenvalue weighted by Gasteiger charge is -2.14. The van der Waals surface area contributed by atoms with Crippen molar-refractivity contribution >= 4 is 48.0 Å². The minimum atomic E-state index is -0.328. The smallest absolute Gasteiger partial charge is 0.142 e. The number of aliphatic hydroxyl groups is 1. The number of hydrogen-bond acceptors (Lipinski definition) is 4. The number of ether oxygens (including phenoxy) is 1. The van der Waals surface area contributed by atoms with Crippen molar-refractivity contribution in [3.8, 4) is 5.75 Å². The summed E-state index contributed by atoms with van der Waals surface area (Å²) in [6.07, 6.45) is -0.328. The van der Waals surface area contributed by atoms with Crippen LogP contribution < -0.4 is 15.4 Å². The Morgan fingerprint density at radius 1 is 1.18 bits per heavy atom. The first-order valence-corrected chi connectivity index (χ1v) is 7.50. The highest BCUT2D eigenvalue weighted by Crippen LogP contribution is 2.32. The van der Waals surface area contributed by atoms with Crippen molar-refractivity contribution in [2.45, 2.75) is 26.5 Å². The van der Waals surface area contributed by atoms with E-state index in [1.165, 1.54) is 0 Å². The molecule has 1 rings (SSSR count). The van der Waals surface area contributed by atoms with Gasteiger partial charge in [-0.3, -0.25) is 0 Å². The van der Waals surface area contributed by atoms with E-state index >= 15 is 0 Å². The van der Waals surface area contributed by atoms with Crippen molar-refractivity contribution in [1.82, 2.24) is 10.6 Å². The van der Waals surface area contributed by atoms with Gasteiger partial charge in [-0.25, -0.2) is 0 Å². The standard InChI is InChI=1S/C14H22Cl2N2O2.2ClH/c1-3-20-14-11(6-12(15)7-13(14)16)9-18-5-4-17-8-10(2)19;;/h6-7,10,17-19H,3-5,8-9H2,1-2H3;2*1H. The zero-order valence-corrected chi connectivity index (χ0v) is 15.8. The summed E-state index contributed by atoms with van der Waals surface area (Å²) in [6.45, 7) is 7.02. The maximum atomic E-state index is 9.11. The van der Waals surface area contributed by atoms with Crippen LogP contribution in [-0.4, -0.2) is 37.5 Å². The summed E-state index contributed by atoms with van der Waals surface area (Å²) < 4.78 is 5.55. The fourth-order valence-electron chi connectivity index (χ4n) is 1.76. The number of hydrogen-bond donors (Lipinski definition) is 3. The van der Waals surface area contributed by atoms with Gasteiger partial charge in [0.1, 0.15) is 5.75 Å². The molecule has 0 aromatic heterocycles. The first kappa shape index (κ1) is 24.3. The fourth-order valence-corrected chi connectivity index (χ4v) is 2.35. The Labute approximate surface area is 154 Å². The average Bonchev–Trinajstić information content (AvgIpc) is 2.37. The Bertz CT molecular complexity index is 420. The first-order valence-electron chi connectivity index (χ1n) is 6.74. The fraction of sp³-hybridized carbons (Fsp3) is 0.571. The Morgan fingerprint density at radius 3 is 2.41 bits per heavy atom. The van der Waals surface area contributed by atoms with Crippen LogP contribution in [0, 0.1) is 0 Å². The van der Waals surface area contributed by atoms with Gasteiger partial charge in [0.15, 0.2) is 0 Å². The third-order valence-corrected chi connectivity index (χ3v) is 3.11. The summed E-state index contributed by atoms with van der Waals surface area (Å²) in [5, 5.41) is 16.7. The number of aliphatic hydroxyl groups excluding tert-OH is 1. The van der Waals surface area contributed by atoms with E-state index in [2.05, 4.69) is 10.6 Å². The topological polar surface area (TPSA) is 53.5 Å². The van der Waals surface area contributed by atoms with Crippen LogP contribution in [0.15, 0.2) is 12.1 Å². The van der Waals surface area contributed by atoms with Crippen LogP contribution in [0.5, 0.6) is 5.75 Å². The minimum Gasteiger partial charge on any atom is -0.492 e. The lowest BCUT2D eigenvalue weighted by Crippen LogP contribution is -2.31. The number of nitrogens with one attached hydrogen (secondary N) is 2. The molecule has 0 fully saturated rings. The second-order valence-electron chi connectivity index (χ2n) is 4.54. The van der Waals surface area contributed by atoms with Crippen LogP contribution in [0.4, 0.5) is 0 Å². The predicted octanol–water partition coefficient (Wildman–Crippen LogP) is 3.30. The van der Waals surface area contributed by atoms with Gasteiger partial charge in [-0.1, -0.05) is 23.2 Å². The zero-order valence-electron chi connectivity index (χ0n) is 12.7. The van der Waals surface area contributed by atoms with Gasteiger partial charge >= 0.3 is 0 Å². The van der Waals surface area contributed by atoms with E-state index in [9.17, 15) is 0 Å². The summed E-state index contributed by atoms with van der Waals surface area (Å²) in [4.78, 5) is 0. The van der Waals surface area contributed by atoms with Crippen LogP contribution in [0.1, 0.15) is 19.4 Å². The van der Waals surface area contributed by atoms with E-state index in [0.717, 1.165) is 18.7 Å². The molecule has 1 aromatic carbocycles. The molecule has 0 radical (unpaired) electrons. The molecule has 0 aliphatic heterocycles. The maximum Gasteiger partial charge on any atom is 0.142 e. The molecular weight excluding hydrogens is 370 g/mol. The molecule has 4 nitrogen and oxygen atoms in total. The normalized spacial score (nSPS) is 11.3. The Hall–Kier alpha value is 0.0600. The summed E-state index contributed by atoms with van der Waals surface area (Å²) in [5.41, 5.74) is 0.944. The summed E-state index contributed by atoms with van der Waals surface area (Å²) in [5.74, 6) is 0.683. The van der Waals surface area contributed by atoms with Crippen molar-refractivity contribution in [2.75, 3.05) is 26.2 Å². The summed E-state index contributed by atoms with van der Waals surface area (Å²) in [7, 11) is 0. The molecule has 0 bridgehead atoms. The molecule has 130 valence electrons. The zero-order chi connectivity index (χ0) is 15.0. The van der Waals surface area contributed by atoms with Gasteiger partial charge in [0.05, 0.1) is 17.7 Å². The van der Waals surface area contributed by atoms with E-state index in [-0.39, 0.29) is 30.9 Å². The summed E-state index contributed by atoms with van der Waals surface area (Å²) >= 11 is 12.1. The van der Waals surface area contributed by atoms with E-state index in [1.807, 2.05) is 13.0 Å². The van der Waals surface area contributed by atoms with Crippen molar-refractivity contribution in [3.05, 3.63) is 27.7 Å². The third-order valence-electron chi connectivity index (χ3n) is 2.61. The SMILES string of the molecule is CCOc1c(Cl)cc(Cl)cc1CNCCNCC(C)O.Cl.Cl. The van der Waals surface area contributed by atoms with E-state index < -0.39 is 0 Å². The molecule has 22 heavy (non-hydrogen) atoms. The molecule has 0 aliphatic carbocycles. The molecule has 1 unspecified atom stereocenters. The first-order chi connectivity index (χ1) is 9.54. The van der Waals surface area contributed by atoms with Crippen LogP contribution in [0.2, 0.25) is 10.0 Å². The second-order valence-corrected chi connectivity index (χ2v) is 5.38. The highest BCUT2D eigenvalue weighted by molar-refractivity contribution is 6.35. The molecule has 0 amide bonds. The monoisotopic (exact) mass is 392 g/mol. The lowest BCUT2D eigenvalue weighted by molar-refractivity contribution is 0.191. The molecular formula is C14H24Cl4N2O2. The Kier molecular flexibility index (Phi) is 14.9. The Morgan fingerprint density at radius 2 is 1.82 bits per heavy atom. The molecule has 1 atom stereocenters. The van der Waals surface area contributed by atoms with Crippen LogP contribution in [0.3, 0.4) is 0 Å². The van der Waals surface area contributed by atoms with Crippen LogP contribution in [-0.2, 0) is 6.54 Å². The van der Waals surface area contributed by atoms with Crippen LogP contribution >= 0.6 is 48.0 Å². The van der Waals surface area contributed by atoms with Gasteiger partial charge < -0.3 is 20.5 Å². The number of rotatable bonds is 9. The van der Waals surface area contributed by atoms with Crippen molar-refractivity contribution in [2.24, 2.45) is 0 Å². The minimum absolute atomic E-state index is 0. The third kappa shape index (κ3) is 9.26.